The molecule has 0 spiro atoms. The smallest absolute Gasteiger partial charge is 0.406 e. The van der Waals surface area contributed by atoms with Crippen molar-refractivity contribution in [1.82, 2.24) is 0 Å². The van der Waals surface area contributed by atoms with Gasteiger partial charge in [-0.2, -0.15) is 0 Å². The quantitative estimate of drug-likeness (QED) is 0.248. The molecule has 0 aliphatic heterocycles. The number of rotatable bonds is 7. The number of hydrogen-bond donors (Lipinski definition) is 0. The van der Waals surface area contributed by atoms with E-state index in [1.54, 1.807) is 0 Å². The van der Waals surface area contributed by atoms with Gasteiger partial charge in [-0.05, 0) is 67.9 Å². The monoisotopic (exact) mass is 614 g/mol. The Labute approximate surface area is 276 Å². The molecule has 3 nitrogen and oxygen atoms in total. The number of hydrogen-bond acceptors (Lipinski definition) is 3. The molecule has 0 saturated carbocycles. The van der Waals surface area contributed by atoms with Crippen LogP contribution in [0.4, 0.5) is 0 Å². The second kappa shape index (κ2) is 12.7. The normalized spacial score (nSPS) is 13.4. The molecule has 0 heterocycles. The van der Waals surface area contributed by atoms with Crippen molar-refractivity contribution in [3.63, 3.8) is 0 Å². The third-order valence-electron chi connectivity index (χ3n) is 8.46. The largest absolute Gasteiger partial charge is 0.423 e. The van der Waals surface area contributed by atoms with Gasteiger partial charge in [0.2, 0.25) is 0 Å². The Bertz CT molecular complexity index is 1380. The molecule has 0 aliphatic carbocycles. The summed E-state index contributed by atoms with van der Waals surface area (Å²) in [5.41, 5.74) is 6.78. The van der Waals surface area contributed by atoms with Crippen LogP contribution in [0.15, 0.2) is 54.6 Å². The molecule has 3 heteroatoms. The molecule has 0 aromatic heterocycles. The van der Waals surface area contributed by atoms with E-state index in [9.17, 15) is 0 Å². The topological polar surface area (TPSA) is 27.7 Å². The van der Waals surface area contributed by atoms with Gasteiger partial charge in [-0.25, -0.2) is 0 Å². The van der Waals surface area contributed by atoms with Gasteiger partial charge in [0.15, 0.2) is 0 Å². The van der Waals surface area contributed by atoms with Gasteiger partial charge < -0.3 is 14.2 Å². The van der Waals surface area contributed by atoms with Crippen LogP contribution in [0.2, 0.25) is 0 Å². The van der Waals surface area contributed by atoms with Crippen LogP contribution in [0, 0.1) is 0 Å². The van der Waals surface area contributed by atoms with Gasteiger partial charge in [-0.15, -0.1) is 0 Å². The van der Waals surface area contributed by atoms with E-state index >= 15 is 0 Å². The minimum atomic E-state index is -1.01. The second-order valence-corrected chi connectivity index (χ2v) is 18.2. The van der Waals surface area contributed by atoms with Crippen molar-refractivity contribution in [3.05, 3.63) is 88.0 Å². The van der Waals surface area contributed by atoms with Gasteiger partial charge in [0, 0.05) is 16.7 Å². The second-order valence-electron chi connectivity index (χ2n) is 18.2. The highest BCUT2D eigenvalue weighted by Gasteiger charge is 2.30. The number of benzene rings is 3. The molecule has 0 fully saturated rings. The van der Waals surface area contributed by atoms with Gasteiger partial charge in [-0.3, -0.25) is 0 Å². The maximum atomic E-state index is 6.81. The molecule has 0 amide bonds. The van der Waals surface area contributed by atoms with Crippen LogP contribution in [0.1, 0.15) is 157 Å². The third kappa shape index (κ3) is 9.30. The van der Waals surface area contributed by atoms with Crippen LogP contribution in [0.25, 0.3) is 0 Å². The lowest BCUT2D eigenvalue weighted by molar-refractivity contribution is -0.142. The minimum Gasteiger partial charge on any atom is -0.423 e. The van der Waals surface area contributed by atoms with E-state index < -0.39 is 6.48 Å². The third-order valence-corrected chi connectivity index (χ3v) is 8.46. The SMILES string of the molecule is CC(C)c1ccc(OC(Oc2ccc(C(C)(C)C)cc2C(C)(C)C)Oc2ccc(C(C)(C)C)cc2C(C)(C)C)c(C(C)(C)C)c1. The van der Waals surface area contributed by atoms with Crippen molar-refractivity contribution in [1.29, 1.82) is 0 Å². The number of ether oxygens (including phenoxy) is 3. The fourth-order valence-electron chi connectivity index (χ4n) is 5.35. The van der Waals surface area contributed by atoms with Crippen molar-refractivity contribution >= 4 is 0 Å². The molecule has 0 unspecified atom stereocenters. The molecule has 248 valence electrons. The minimum absolute atomic E-state index is 0.0150. The summed E-state index contributed by atoms with van der Waals surface area (Å²) >= 11 is 0. The van der Waals surface area contributed by atoms with Crippen molar-refractivity contribution in [3.8, 4) is 17.2 Å². The Kier molecular flexibility index (Phi) is 10.3. The highest BCUT2D eigenvalue weighted by molar-refractivity contribution is 5.46. The van der Waals surface area contributed by atoms with Gasteiger partial charge in [0.1, 0.15) is 17.2 Å². The van der Waals surface area contributed by atoms with Crippen molar-refractivity contribution in [2.75, 3.05) is 0 Å². The lowest BCUT2D eigenvalue weighted by Gasteiger charge is -2.32. The van der Waals surface area contributed by atoms with Crippen LogP contribution < -0.4 is 14.2 Å². The summed E-state index contributed by atoms with van der Waals surface area (Å²) in [6, 6.07) is 19.6. The summed E-state index contributed by atoms with van der Waals surface area (Å²) in [5, 5.41) is 0. The molecule has 45 heavy (non-hydrogen) atoms. The van der Waals surface area contributed by atoms with E-state index in [0.29, 0.717) is 5.92 Å². The molecule has 0 saturated heterocycles. The molecular weight excluding hydrogens is 552 g/mol. The van der Waals surface area contributed by atoms with Gasteiger partial charge in [-0.1, -0.05) is 154 Å². The zero-order chi connectivity index (χ0) is 34.3. The van der Waals surface area contributed by atoms with Crippen molar-refractivity contribution in [2.45, 2.75) is 157 Å². The lowest BCUT2D eigenvalue weighted by Crippen LogP contribution is -2.33. The Hall–Kier alpha value is -2.94. The summed E-state index contributed by atoms with van der Waals surface area (Å²) in [7, 11) is 0. The maximum Gasteiger partial charge on any atom is 0.406 e. The molecule has 0 N–H and O–H groups in total. The summed E-state index contributed by atoms with van der Waals surface area (Å²) < 4.78 is 20.4. The first-order valence-electron chi connectivity index (χ1n) is 16.7. The van der Waals surface area contributed by atoms with E-state index in [1.165, 1.54) is 16.7 Å². The molecule has 3 aromatic rings. The van der Waals surface area contributed by atoms with E-state index in [1.807, 2.05) is 0 Å². The summed E-state index contributed by atoms with van der Waals surface area (Å²) in [4.78, 5) is 0. The fourth-order valence-corrected chi connectivity index (χ4v) is 5.35. The van der Waals surface area contributed by atoms with E-state index in [0.717, 1.165) is 33.9 Å². The van der Waals surface area contributed by atoms with Crippen LogP contribution >= 0.6 is 0 Å². The van der Waals surface area contributed by atoms with E-state index in [2.05, 4.69) is 172 Å². The average molecular weight is 615 g/mol. The van der Waals surface area contributed by atoms with Gasteiger partial charge in [0.05, 0.1) is 0 Å². The molecule has 0 atom stereocenters. The first-order chi connectivity index (χ1) is 20.3. The molecule has 0 aliphatic rings. The van der Waals surface area contributed by atoms with E-state index in [-0.39, 0.29) is 27.1 Å². The van der Waals surface area contributed by atoms with Gasteiger partial charge >= 0.3 is 6.48 Å². The predicted octanol–water partition coefficient (Wildman–Crippen LogP) is 12.1. The van der Waals surface area contributed by atoms with Gasteiger partial charge in [0.25, 0.3) is 0 Å². The molecule has 3 rings (SSSR count). The fraction of sp³-hybridized carbons (Fsp3) is 0.571. The zero-order valence-electron chi connectivity index (χ0n) is 31.6. The standard InChI is InChI=1S/C42H62O3/c1-27(2)28-18-21-34(31(24-28)40(9,10)11)43-37(44-35-22-19-29(38(3,4)5)25-32(35)41(12,13)14)45-36-23-20-30(39(6,7)8)26-33(36)42(15,16)17/h18-27,37H,1-17H3. The molecular formula is C42H62O3. The summed E-state index contributed by atoms with van der Waals surface area (Å²) in [6.07, 6.45) is 0. The Balaban J connectivity index is 2.22. The van der Waals surface area contributed by atoms with Crippen molar-refractivity contribution < 1.29 is 14.2 Å². The van der Waals surface area contributed by atoms with Crippen LogP contribution in [-0.4, -0.2) is 6.48 Å². The average Bonchev–Trinajstić information content (AvgIpc) is 2.86. The molecule has 0 radical (unpaired) electrons. The summed E-state index contributed by atoms with van der Waals surface area (Å²) in [5.74, 6) is 2.71. The Morgan fingerprint density at radius 1 is 0.400 bits per heavy atom. The van der Waals surface area contributed by atoms with Crippen molar-refractivity contribution in [2.24, 2.45) is 0 Å². The first kappa shape index (κ1) is 36.5. The highest BCUT2D eigenvalue weighted by Crippen LogP contribution is 2.40. The van der Waals surface area contributed by atoms with E-state index in [4.69, 9.17) is 14.2 Å². The Morgan fingerprint density at radius 2 is 0.711 bits per heavy atom. The Morgan fingerprint density at radius 3 is 1.00 bits per heavy atom. The predicted molar refractivity (Wildman–Crippen MR) is 193 cm³/mol. The first-order valence-corrected chi connectivity index (χ1v) is 16.7. The molecule has 3 aromatic carbocycles. The maximum absolute atomic E-state index is 6.81. The zero-order valence-corrected chi connectivity index (χ0v) is 31.6. The highest BCUT2D eigenvalue weighted by atomic mass is 16.8. The van der Waals surface area contributed by atoms with Crippen LogP contribution in [0.5, 0.6) is 17.2 Å². The molecule has 0 bridgehead atoms. The van der Waals surface area contributed by atoms with Crippen LogP contribution in [0.3, 0.4) is 0 Å². The lowest BCUT2D eigenvalue weighted by atomic mass is 9.80. The van der Waals surface area contributed by atoms with Crippen LogP contribution in [-0.2, 0) is 27.1 Å². The summed E-state index contributed by atoms with van der Waals surface area (Å²) in [6.45, 7) is 36.9.